The maximum Gasteiger partial charge on any atom is 0.244 e. The van der Waals surface area contributed by atoms with Gasteiger partial charge in [-0.25, -0.2) is 9.37 Å². The van der Waals surface area contributed by atoms with Crippen LogP contribution in [0.1, 0.15) is 17.4 Å². The molecular formula is C17H23FN4O. The maximum atomic E-state index is 13.1. The molecule has 23 heavy (non-hydrogen) atoms. The molecule has 0 spiro atoms. The molecule has 0 N–H and O–H groups in total. The highest BCUT2D eigenvalue weighted by atomic mass is 19.1. The zero-order valence-corrected chi connectivity index (χ0v) is 14.0. The first-order valence-corrected chi connectivity index (χ1v) is 7.54. The zero-order chi connectivity index (χ0) is 17.0. The van der Waals surface area contributed by atoms with Gasteiger partial charge in [-0.3, -0.25) is 9.69 Å². The van der Waals surface area contributed by atoms with Crippen LogP contribution >= 0.6 is 0 Å². The van der Waals surface area contributed by atoms with Gasteiger partial charge in [0.05, 0.1) is 0 Å². The van der Waals surface area contributed by atoms with E-state index >= 15 is 0 Å². The van der Waals surface area contributed by atoms with Gasteiger partial charge in [-0.1, -0.05) is 12.1 Å². The molecule has 2 rings (SSSR count). The van der Waals surface area contributed by atoms with Crippen molar-refractivity contribution in [2.45, 2.75) is 19.5 Å². The van der Waals surface area contributed by atoms with Crippen molar-refractivity contribution in [3.63, 3.8) is 0 Å². The van der Waals surface area contributed by atoms with E-state index in [1.54, 1.807) is 30.3 Å². The van der Waals surface area contributed by atoms with Crippen molar-refractivity contribution < 1.29 is 9.18 Å². The van der Waals surface area contributed by atoms with Gasteiger partial charge < -0.3 is 9.47 Å². The number of hydrogen-bond donors (Lipinski definition) is 0. The van der Waals surface area contributed by atoms with E-state index in [2.05, 4.69) is 4.98 Å². The van der Waals surface area contributed by atoms with Gasteiger partial charge in [-0.2, -0.15) is 0 Å². The van der Waals surface area contributed by atoms with Crippen LogP contribution in [-0.2, 0) is 11.3 Å². The third-order valence-electron chi connectivity index (χ3n) is 3.91. The van der Waals surface area contributed by atoms with E-state index < -0.39 is 6.04 Å². The Morgan fingerprint density at radius 2 is 1.91 bits per heavy atom. The molecule has 2 aromatic rings. The molecule has 0 fully saturated rings. The van der Waals surface area contributed by atoms with Crippen molar-refractivity contribution in [2.24, 2.45) is 0 Å². The van der Waals surface area contributed by atoms with Gasteiger partial charge in [0.2, 0.25) is 5.91 Å². The van der Waals surface area contributed by atoms with Crippen LogP contribution in [0.15, 0.2) is 36.7 Å². The number of likely N-dealkylation sites (N-methyl/N-ethyl adjacent to an activating group) is 2. The summed E-state index contributed by atoms with van der Waals surface area (Å²) in [5.74, 6) is 0.607. The molecule has 0 aliphatic heterocycles. The number of aromatic nitrogens is 2. The third-order valence-corrected chi connectivity index (χ3v) is 3.91. The van der Waals surface area contributed by atoms with Crippen molar-refractivity contribution in [3.05, 3.63) is 53.9 Å². The van der Waals surface area contributed by atoms with Crippen LogP contribution < -0.4 is 0 Å². The quantitative estimate of drug-likeness (QED) is 0.819. The zero-order valence-electron chi connectivity index (χ0n) is 14.0. The monoisotopic (exact) mass is 318 g/mol. The van der Waals surface area contributed by atoms with Gasteiger partial charge in [0, 0.05) is 32.5 Å². The SMILES string of the molecule is Cc1nccn1CCN(C)C(=O)[C@@H](c1ccc(F)cc1)N(C)C. The number of nitrogens with zero attached hydrogens (tertiary/aromatic N) is 4. The van der Waals surface area contributed by atoms with Gasteiger partial charge in [0.15, 0.2) is 0 Å². The number of hydrogen-bond acceptors (Lipinski definition) is 3. The lowest BCUT2D eigenvalue weighted by atomic mass is 10.0. The molecular weight excluding hydrogens is 295 g/mol. The molecule has 0 radical (unpaired) electrons. The second kappa shape index (κ2) is 7.37. The van der Waals surface area contributed by atoms with Crippen LogP contribution in [0.5, 0.6) is 0 Å². The average molecular weight is 318 g/mol. The van der Waals surface area contributed by atoms with Crippen LogP contribution in [0, 0.1) is 12.7 Å². The van der Waals surface area contributed by atoms with Gasteiger partial charge >= 0.3 is 0 Å². The molecule has 1 amide bonds. The summed E-state index contributed by atoms with van der Waals surface area (Å²) in [7, 11) is 5.48. The third kappa shape index (κ3) is 4.16. The first kappa shape index (κ1) is 17.1. The largest absolute Gasteiger partial charge is 0.342 e. The molecule has 0 aliphatic rings. The van der Waals surface area contributed by atoms with E-state index in [0.717, 1.165) is 11.4 Å². The van der Waals surface area contributed by atoms with Crippen molar-refractivity contribution in [1.29, 1.82) is 0 Å². The molecule has 0 saturated carbocycles. The van der Waals surface area contributed by atoms with E-state index in [9.17, 15) is 9.18 Å². The van der Waals surface area contributed by atoms with E-state index in [1.807, 2.05) is 36.7 Å². The predicted octanol–water partition coefficient (Wildman–Crippen LogP) is 2.09. The standard InChI is InChI=1S/C17H23FN4O/c1-13-19-9-10-22(13)12-11-21(4)17(23)16(20(2)3)14-5-7-15(18)8-6-14/h5-10,16H,11-12H2,1-4H3/t16-/m1/s1. The van der Waals surface area contributed by atoms with Crippen LogP contribution in [0.3, 0.4) is 0 Å². The second-order valence-corrected chi connectivity index (χ2v) is 5.85. The van der Waals surface area contributed by atoms with Gasteiger partial charge in [-0.15, -0.1) is 0 Å². The number of benzene rings is 1. The number of halogens is 1. The molecule has 1 aromatic carbocycles. The summed E-state index contributed by atoms with van der Waals surface area (Å²) in [5, 5.41) is 0. The Bertz CT molecular complexity index is 651. The van der Waals surface area contributed by atoms with Crippen LogP contribution in [0.4, 0.5) is 4.39 Å². The number of aryl methyl sites for hydroxylation is 1. The smallest absolute Gasteiger partial charge is 0.244 e. The average Bonchev–Trinajstić information content (AvgIpc) is 2.92. The Balaban J connectivity index is 2.08. The van der Waals surface area contributed by atoms with E-state index in [4.69, 9.17) is 0 Å². The van der Waals surface area contributed by atoms with Crippen molar-refractivity contribution >= 4 is 5.91 Å². The van der Waals surface area contributed by atoms with E-state index in [1.165, 1.54) is 12.1 Å². The van der Waals surface area contributed by atoms with Crippen LogP contribution in [0.2, 0.25) is 0 Å². The summed E-state index contributed by atoms with van der Waals surface area (Å²) < 4.78 is 15.1. The number of carbonyl (C=O) groups is 1. The fourth-order valence-electron chi connectivity index (χ4n) is 2.52. The first-order valence-electron chi connectivity index (χ1n) is 7.54. The highest BCUT2D eigenvalue weighted by Crippen LogP contribution is 2.21. The summed E-state index contributed by atoms with van der Waals surface area (Å²) in [6.45, 7) is 3.21. The van der Waals surface area contributed by atoms with Crippen LogP contribution in [0.25, 0.3) is 0 Å². The fraction of sp³-hybridized carbons (Fsp3) is 0.412. The topological polar surface area (TPSA) is 41.4 Å². The number of amides is 1. The predicted molar refractivity (Wildman–Crippen MR) is 87.4 cm³/mol. The maximum absolute atomic E-state index is 13.1. The molecule has 0 unspecified atom stereocenters. The molecule has 124 valence electrons. The van der Waals surface area contributed by atoms with Crippen LogP contribution in [-0.4, -0.2) is 52.9 Å². The molecule has 0 aliphatic carbocycles. The Labute approximate surface area is 136 Å². The molecule has 6 heteroatoms. The lowest BCUT2D eigenvalue weighted by molar-refractivity contribution is -0.135. The summed E-state index contributed by atoms with van der Waals surface area (Å²) in [4.78, 5) is 20.5. The molecule has 5 nitrogen and oxygen atoms in total. The lowest BCUT2D eigenvalue weighted by Gasteiger charge is -2.28. The highest BCUT2D eigenvalue weighted by molar-refractivity contribution is 5.83. The number of carbonyl (C=O) groups excluding carboxylic acids is 1. The summed E-state index contributed by atoms with van der Waals surface area (Å²) >= 11 is 0. The number of imidazole rings is 1. The lowest BCUT2D eigenvalue weighted by Crippen LogP contribution is -2.39. The van der Waals surface area contributed by atoms with Gasteiger partial charge in [0.1, 0.15) is 17.7 Å². The van der Waals surface area contributed by atoms with E-state index in [-0.39, 0.29) is 11.7 Å². The molecule has 0 saturated heterocycles. The first-order chi connectivity index (χ1) is 10.9. The van der Waals surface area contributed by atoms with Gasteiger partial charge in [0.25, 0.3) is 0 Å². The summed E-state index contributed by atoms with van der Waals surface area (Å²) in [6.07, 6.45) is 3.65. The normalized spacial score (nSPS) is 12.4. The van der Waals surface area contributed by atoms with Crippen molar-refractivity contribution in [2.75, 3.05) is 27.7 Å². The Kier molecular flexibility index (Phi) is 5.50. The summed E-state index contributed by atoms with van der Waals surface area (Å²) in [6, 6.07) is 5.66. The molecule has 0 bridgehead atoms. The fourth-order valence-corrected chi connectivity index (χ4v) is 2.52. The Hall–Kier alpha value is -2.21. The Morgan fingerprint density at radius 1 is 1.26 bits per heavy atom. The minimum atomic E-state index is -0.426. The van der Waals surface area contributed by atoms with Gasteiger partial charge in [-0.05, 0) is 38.7 Å². The van der Waals surface area contributed by atoms with E-state index in [0.29, 0.717) is 13.1 Å². The Morgan fingerprint density at radius 3 is 2.43 bits per heavy atom. The highest BCUT2D eigenvalue weighted by Gasteiger charge is 2.25. The number of rotatable bonds is 6. The second-order valence-electron chi connectivity index (χ2n) is 5.85. The minimum absolute atomic E-state index is 0.0145. The molecule has 1 atom stereocenters. The molecule has 1 heterocycles. The summed E-state index contributed by atoms with van der Waals surface area (Å²) in [5.41, 5.74) is 0.784. The van der Waals surface area contributed by atoms with Crippen molar-refractivity contribution in [3.8, 4) is 0 Å². The van der Waals surface area contributed by atoms with Crippen molar-refractivity contribution in [1.82, 2.24) is 19.4 Å². The minimum Gasteiger partial charge on any atom is -0.342 e. The molecule has 1 aromatic heterocycles.